The first-order valence-corrected chi connectivity index (χ1v) is 10.8. The molecule has 3 heterocycles. The molecule has 1 aliphatic rings. The van der Waals surface area contributed by atoms with Crippen molar-refractivity contribution in [2.24, 2.45) is 5.92 Å². The normalized spacial score (nSPS) is 14.8. The Labute approximate surface area is 184 Å². The van der Waals surface area contributed by atoms with E-state index < -0.39 is 5.97 Å². The molecule has 1 fully saturated rings. The van der Waals surface area contributed by atoms with Gasteiger partial charge in [0, 0.05) is 29.7 Å². The number of benzene rings is 1. The molecule has 0 bridgehead atoms. The van der Waals surface area contributed by atoms with Crippen molar-refractivity contribution < 1.29 is 9.90 Å². The SMILES string of the molecule is Cc1cc(C(C)Nc2ccc(Cl)nc2C(=O)O)c2c(c1)c1cnccc1n2CC1CC1. The number of halogens is 1. The molecule has 1 saturated carbocycles. The smallest absolute Gasteiger partial charge is 0.356 e. The molecule has 0 amide bonds. The number of carboxylic acids is 1. The third-order valence-corrected chi connectivity index (χ3v) is 6.18. The molecule has 4 aromatic rings. The van der Waals surface area contributed by atoms with E-state index in [-0.39, 0.29) is 16.9 Å². The van der Waals surface area contributed by atoms with Gasteiger partial charge in [-0.05, 0) is 62.4 Å². The maximum absolute atomic E-state index is 11.7. The molecule has 0 spiro atoms. The highest BCUT2D eigenvalue weighted by molar-refractivity contribution is 6.29. The fraction of sp³-hybridized carbons (Fsp3) is 0.292. The number of fused-ring (bicyclic) bond motifs is 3. The van der Waals surface area contributed by atoms with Gasteiger partial charge in [-0.25, -0.2) is 9.78 Å². The molecule has 1 unspecified atom stereocenters. The van der Waals surface area contributed by atoms with Crippen molar-refractivity contribution in [3.05, 3.63) is 64.7 Å². The molecule has 0 radical (unpaired) electrons. The summed E-state index contributed by atoms with van der Waals surface area (Å²) in [6.07, 6.45) is 6.31. The summed E-state index contributed by atoms with van der Waals surface area (Å²) in [5.74, 6) is -0.399. The molecular weight excluding hydrogens is 412 g/mol. The lowest BCUT2D eigenvalue weighted by atomic mass is 10.0. The molecule has 1 aliphatic carbocycles. The average molecular weight is 435 g/mol. The predicted octanol–water partition coefficient (Wildman–Crippen LogP) is 5.83. The number of anilines is 1. The summed E-state index contributed by atoms with van der Waals surface area (Å²) in [7, 11) is 0. The first-order valence-electron chi connectivity index (χ1n) is 10.4. The summed E-state index contributed by atoms with van der Waals surface area (Å²) in [5, 5.41) is 15.4. The van der Waals surface area contributed by atoms with Gasteiger partial charge in [0.1, 0.15) is 5.15 Å². The number of carbonyl (C=O) groups is 1. The number of aryl methyl sites for hydroxylation is 1. The molecule has 0 saturated heterocycles. The van der Waals surface area contributed by atoms with Crippen molar-refractivity contribution in [1.29, 1.82) is 0 Å². The maximum atomic E-state index is 11.7. The van der Waals surface area contributed by atoms with E-state index in [0.29, 0.717) is 11.6 Å². The number of rotatable bonds is 6. The van der Waals surface area contributed by atoms with Crippen LogP contribution in [-0.2, 0) is 6.54 Å². The van der Waals surface area contributed by atoms with Crippen molar-refractivity contribution >= 4 is 45.1 Å². The zero-order chi connectivity index (χ0) is 21.7. The van der Waals surface area contributed by atoms with Crippen LogP contribution in [0.1, 0.15) is 47.4 Å². The van der Waals surface area contributed by atoms with Gasteiger partial charge in [0.05, 0.1) is 22.8 Å². The molecule has 3 aromatic heterocycles. The lowest BCUT2D eigenvalue weighted by molar-refractivity contribution is 0.0691. The molecule has 1 atom stereocenters. The number of carboxylic acid groups (broad SMARTS) is 1. The third-order valence-electron chi connectivity index (χ3n) is 5.97. The number of hydrogen-bond donors (Lipinski definition) is 2. The second-order valence-corrected chi connectivity index (χ2v) is 8.79. The quantitative estimate of drug-likeness (QED) is 0.373. The van der Waals surface area contributed by atoms with Crippen LogP contribution >= 0.6 is 11.6 Å². The van der Waals surface area contributed by atoms with Crippen LogP contribution in [-0.4, -0.2) is 25.6 Å². The molecule has 6 nitrogen and oxygen atoms in total. The number of aromatic carboxylic acids is 1. The van der Waals surface area contributed by atoms with E-state index in [1.54, 1.807) is 12.1 Å². The van der Waals surface area contributed by atoms with Crippen LogP contribution in [0.3, 0.4) is 0 Å². The Bertz CT molecular complexity index is 1330. The van der Waals surface area contributed by atoms with E-state index in [2.05, 4.69) is 45.0 Å². The minimum atomic E-state index is -1.11. The minimum Gasteiger partial charge on any atom is -0.476 e. The summed E-state index contributed by atoms with van der Waals surface area (Å²) in [5.41, 5.74) is 5.02. The van der Waals surface area contributed by atoms with E-state index in [0.717, 1.165) is 23.1 Å². The Balaban J connectivity index is 1.67. The van der Waals surface area contributed by atoms with Crippen molar-refractivity contribution in [3.8, 4) is 0 Å². The van der Waals surface area contributed by atoms with Crippen molar-refractivity contribution in [1.82, 2.24) is 14.5 Å². The van der Waals surface area contributed by atoms with Gasteiger partial charge in [-0.3, -0.25) is 4.98 Å². The Kier molecular flexibility index (Phi) is 4.82. The van der Waals surface area contributed by atoms with Crippen LogP contribution in [0.5, 0.6) is 0 Å². The van der Waals surface area contributed by atoms with Crippen LogP contribution in [0.15, 0.2) is 42.7 Å². The summed E-state index contributed by atoms with van der Waals surface area (Å²) in [4.78, 5) is 20.0. The van der Waals surface area contributed by atoms with Crippen molar-refractivity contribution in [2.45, 2.75) is 39.3 Å². The van der Waals surface area contributed by atoms with Crippen LogP contribution in [0.25, 0.3) is 21.8 Å². The highest BCUT2D eigenvalue weighted by atomic mass is 35.5. The van der Waals surface area contributed by atoms with E-state index in [9.17, 15) is 9.90 Å². The lowest BCUT2D eigenvalue weighted by Crippen LogP contribution is -2.14. The zero-order valence-corrected chi connectivity index (χ0v) is 18.1. The Morgan fingerprint density at radius 2 is 2.10 bits per heavy atom. The molecule has 0 aliphatic heterocycles. The van der Waals surface area contributed by atoms with E-state index in [1.807, 2.05) is 19.3 Å². The zero-order valence-electron chi connectivity index (χ0n) is 17.4. The topological polar surface area (TPSA) is 80.0 Å². The molecule has 158 valence electrons. The van der Waals surface area contributed by atoms with Gasteiger partial charge in [0.15, 0.2) is 5.69 Å². The van der Waals surface area contributed by atoms with Gasteiger partial charge in [-0.2, -0.15) is 0 Å². The second kappa shape index (κ2) is 7.54. The van der Waals surface area contributed by atoms with E-state index >= 15 is 0 Å². The molecule has 7 heteroatoms. The first kappa shape index (κ1) is 19.8. The first-order chi connectivity index (χ1) is 14.9. The second-order valence-electron chi connectivity index (χ2n) is 8.40. The summed E-state index contributed by atoms with van der Waals surface area (Å²) in [6.45, 7) is 5.12. The number of aromatic nitrogens is 3. The highest BCUT2D eigenvalue weighted by Crippen LogP contribution is 2.39. The summed E-state index contributed by atoms with van der Waals surface area (Å²) >= 11 is 5.92. The van der Waals surface area contributed by atoms with Crippen LogP contribution < -0.4 is 5.32 Å². The van der Waals surface area contributed by atoms with Crippen molar-refractivity contribution in [2.75, 3.05) is 5.32 Å². The Morgan fingerprint density at radius 1 is 1.29 bits per heavy atom. The van der Waals surface area contributed by atoms with E-state index in [1.165, 1.54) is 29.3 Å². The predicted molar refractivity (Wildman–Crippen MR) is 123 cm³/mol. The third kappa shape index (κ3) is 3.61. The standard InChI is InChI=1S/C24H23ClN4O2/c1-13-9-16(14(2)27-19-5-6-21(25)28-22(19)24(30)31)23-17(10-13)18-11-26-8-7-20(18)29(23)12-15-3-4-15/h5-11,14-15,27H,3-4,12H2,1-2H3,(H,30,31). The molecule has 5 rings (SSSR count). The van der Waals surface area contributed by atoms with E-state index in [4.69, 9.17) is 11.6 Å². The van der Waals surface area contributed by atoms with Gasteiger partial charge in [0.25, 0.3) is 0 Å². The van der Waals surface area contributed by atoms with Crippen LogP contribution in [0, 0.1) is 12.8 Å². The number of nitrogens with one attached hydrogen (secondary N) is 1. The van der Waals surface area contributed by atoms with Crippen LogP contribution in [0.4, 0.5) is 5.69 Å². The van der Waals surface area contributed by atoms with Gasteiger partial charge >= 0.3 is 5.97 Å². The average Bonchev–Trinajstić information content (AvgIpc) is 3.51. The summed E-state index contributed by atoms with van der Waals surface area (Å²) < 4.78 is 2.41. The van der Waals surface area contributed by atoms with Gasteiger partial charge in [-0.1, -0.05) is 23.2 Å². The number of pyridine rings is 2. The summed E-state index contributed by atoms with van der Waals surface area (Å²) in [6, 6.07) is 9.61. The molecule has 1 aromatic carbocycles. The Morgan fingerprint density at radius 3 is 2.84 bits per heavy atom. The van der Waals surface area contributed by atoms with Crippen LogP contribution in [0.2, 0.25) is 5.15 Å². The number of nitrogens with zero attached hydrogens (tertiary/aromatic N) is 3. The van der Waals surface area contributed by atoms with Gasteiger partial charge in [-0.15, -0.1) is 0 Å². The largest absolute Gasteiger partial charge is 0.476 e. The fourth-order valence-electron chi connectivity index (χ4n) is 4.37. The maximum Gasteiger partial charge on any atom is 0.356 e. The monoisotopic (exact) mass is 434 g/mol. The lowest BCUT2D eigenvalue weighted by Gasteiger charge is -2.20. The van der Waals surface area contributed by atoms with Gasteiger partial charge < -0.3 is 15.0 Å². The van der Waals surface area contributed by atoms with Gasteiger partial charge in [0.2, 0.25) is 0 Å². The molecule has 31 heavy (non-hydrogen) atoms. The number of hydrogen-bond acceptors (Lipinski definition) is 4. The minimum absolute atomic E-state index is 0.0778. The molecular formula is C24H23ClN4O2. The fourth-order valence-corrected chi connectivity index (χ4v) is 4.52. The Hall–Kier alpha value is -3.12. The highest BCUT2D eigenvalue weighted by Gasteiger charge is 2.26. The molecule has 2 N–H and O–H groups in total. The van der Waals surface area contributed by atoms with Crippen molar-refractivity contribution in [3.63, 3.8) is 0 Å².